The second-order valence-electron chi connectivity index (χ2n) is 5.60. The average Bonchev–Trinajstić information content (AvgIpc) is 3.22. The van der Waals surface area contributed by atoms with Crippen molar-refractivity contribution in [2.75, 3.05) is 19.6 Å². The smallest absolute Gasteiger partial charge is 0.324 e. The second-order valence-corrected chi connectivity index (χ2v) is 5.60. The third kappa shape index (κ3) is 3.16. The van der Waals surface area contributed by atoms with E-state index in [1.165, 1.54) is 10.8 Å². The molecule has 3 heterocycles. The van der Waals surface area contributed by atoms with Gasteiger partial charge in [-0.3, -0.25) is 9.25 Å². The van der Waals surface area contributed by atoms with E-state index in [9.17, 15) is 4.79 Å². The van der Waals surface area contributed by atoms with Crippen LogP contribution in [0, 0.1) is 6.07 Å². The van der Waals surface area contributed by atoms with Crippen molar-refractivity contribution < 1.29 is 4.79 Å². The van der Waals surface area contributed by atoms with Gasteiger partial charge in [0.05, 0.1) is 12.7 Å². The number of hydrogen-bond acceptors (Lipinski definition) is 4. The van der Waals surface area contributed by atoms with E-state index in [4.69, 9.17) is 5.73 Å². The van der Waals surface area contributed by atoms with Crippen molar-refractivity contribution >= 4 is 17.1 Å². The highest BCUT2D eigenvalue weighted by Gasteiger charge is 2.10. The van der Waals surface area contributed by atoms with Crippen LogP contribution in [0.15, 0.2) is 30.9 Å². The summed E-state index contributed by atoms with van der Waals surface area (Å²) in [5, 5.41) is 5.17. The van der Waals surface area contributed by atoms with E-state index in [0.29, 0.717) is 5.65 Å². The molecule has 24 heavy (non-hydrogen) atoms. The third-order valence-corrected chi connectivity index (χ3v) is 4.19. The number of nitrogens with two attached hydrogens (primary N) is 1. The van der Waals surface area contributed by atoms with Crippen LogP contribution in [-0.2, 0) is 6.54 Å². The number of carbonyl (C=O) groups excluding carboxylic acids is 1. The summed E-state index contributed by atoms with van der Waals surface area (Å²) >= 11 is 0. The first-order chi connectivity index (χ1) is 11.6. The molecule has 0 saturated heterocycles. The number of pyridine rings is 1. The van der Waals surface area contributed by atoms with Gasteiger partial charge in [0.1, 0.15) is 5.65 Å². The van der Waals surface area contributed by atoms with Gasteiger partial charge < -0.3 is 10.6 Å². The maximum absolute atomic E-state index is 11.3. The fourth-order valence-corrected chi connectivity index (χ4v) is 2.70. The number of amides is 1. The van der Waals surface area contributed by atoms with Crippen LogP contribution in [0.4, 0.5) is 4.79 Å². The zero-order valence-electron chi connectivity index (χ0n) is 13.9. The van der Waals surface area contributed by atoms with Crippen LogP contribution in [0.3, 0.4) is 0 Å². The zero-order chi connectivity index (χ0) is 17.1. The first kappa shape index (κ1) is 16.2. The first-order valence-corrected chi connectivity index (χ1v) is 8.06. The number of likely N-dealkylation sites (N-methyl/N-ethyl adjacent to an activating group) is 1. The van der Waals surface area contributed by atoms with Gasteiger partial charge in [-0.15, -0.1) is 0 Å². The molecular weight excluding hydrogens is 304 g/mol. The second kappa shape index (κ2) is 6.84. The molecule has 3 aromatic rings. The summed E-state index contributed by atoms with van der Waals surface area (Å²) in [6.07, 6.45) is 7.08. The Hall–Kier alpha value is -2.67. The predicted octanol–water partition coefficient (Wildman–Crippen LogP) is 1.97. The summed E-state index contributed by atoms with van der Waals surface area (Å²) < 4.78 is 3.22. The molecule has 0 atom stereocenters. The summed E-state index contributed by atoms with van der Waals surface area (Å²) in [5.41, 5.74) is 7.75. The average molecular weight is 325 g/mol. The Bertz CT molecular complexity index is 846. The number of carbonyl (C=O) groups is 1. The molecule has 0 aromatic carbocycles. The molecule has 0 aliphatic rings. The van der Waals surface area contributed by atoms with Gasteiger partial charge in [-0.05, 0) is 19.2 Å². The number of nitrogens with zero attached hydrogens (tertiary/aromatic N) is 5. The summed E-state index contributed by atoms with van der Waals surface area (Å²) in [7, 11) is 0. The molecule has 3 rings (SSSR count). The molecule has 2 N–H and O–H groups in total. The Morgan fingerprint density at radius 3 is 2.79 bits per heavy atom. The van der Waals surface area contributed by atoms with E-state index in [0.717, 1.165) is 42.7 Å². The molecule has 1 radical (unpaired) electrons. The van der Waals surface area contributed by atoms with Crippen LogP contribution < -0.4 is 5.73 Å². The van der Waals surface area contributed by atoms with Crippen molar-refractivity contribution in [1.29, 1.82) is 0 Å². The molecule has 0 aliphatic heterocycles. The van der Waals surface area contributed by atoms with Crippen LogP contribution in [-0.4, -0.2) is 49.9 Å². The summed E-state index contributed by atoms with van der Waals surface area (Å²) in [6.45, 7) is 8.22. The first-order valence-electron chi connectivity index (χ1n) is 8.06. The van der Waals surface area contributed by atoms with Crippen molar-refractivity contribution in [3.05, 3.63) is 36.9 Å². The Kier molecular flexibility index (Phi) is 4.61. The number of rotatable bonds is 6. The van der Waals surface area contributed by atoms with Gasteiger partial charge in [-0.1, -0.05) is 13.8 Å². The summed E-state index contributed by atoms with van der Waals surface area (Å²) in [4.78, 5) is 18.0. The van der Waals surface area contributed by atoms with Crippen LogP contribution in [0.5, 0.6) is 0 Å². The predicted molar refractivity (Wildman–Crippen MR) is 92.6 cm³/mol. The van der Waals surface area contributed by atoms with E-state index in [-0.39, 0.29) is 0 Å². The SMILES string of the molecule is CCN(CC)CCn1cc(-c2cnc3c([c]cn3C(N)=O)c2)cn1. The van der Waals surface area contributed by atoms with Gasteiger partial charge >= 0.3 is 6.03 Å². The minimum atomic E-state index is -0.564. The summed E-state index contributed by atoms with van der Waals surface area (Å²) in [5.74, 6) is 0. The van der Waals surface area contributed by atoms with Crippen LogP contribution in [0.2, 0.25) is 0 Å². The summed E-state index contributed by atoms with van der Waals surface area (Å²) in [6, 6.07) is 4.38. The standard InChI is InChI=1S/C17H21N6O/c1-3-21(4-2)7-8-22-12-15(11-20-22)14-9-13-5-6-23(17(18)24)16(13)19-10-14/h6,9-12H,3-4,7-8H2,1-2H3,(H2,18,24). The quantitative estimate of drug-likeness (QED) is 0.751. The maximum atomic E-state index is 11.3. The lowest BCUT2D eigenvalue weighted by Gasteiger charge is -2.17. The molecular formula is C17H21N6O. The minimum absolute atomic E-state index is 0.514. The maximum Gasteiger partial charge on any atom is 0.324 e. The lowest BCUT2D eigenvalue weighted by Crippen LogP contribution is -2.27. The zero-order valence-corrected chi connectivity index (χ0v) is 13.9. The lowest BCUT2D eigenvalue weighted by atomic mass is 10.1. The molecule has 0 fully saturated rings. The minimum Gasteiger partial charge on any atom is -0.351 e. The van der Waals surface area contributed by atoms with E-state index in [1.807, 2.05) is 23.1 Å². The largest absolute Gasteiger partial charge is 0.351 e. The van der Waals surface area contributed by atoms with Crippen molar-refractivity contribution in [2.24, 2.45) is 5.73 Å². The fraction of sp³-hybridized carbons (Fsp3) is 0.353. The molecule has 7 heteroatoms. The molecule has 0 aliphatic carbocycles. The topological polar surface area (TPSA) is 82.0 Å². The van der Waals surface area contributed by atoms with Gasteiger partial charge in [0, 0.05) is 47.7 Å². The van der Waals surface area contributed by atoms with E-state index in [1.54, 1.807) is 6.20 Å². The van der Waals surface area contributed by atoms with Crippen molar-refractivity contribution in [3.63, 3.8) is 0 Å². The fourth-order valence-electron chi connectivity index (χ4n) is 2.70. The van der Waals surface area contributed by atoms with Crippen molar-refractivity contribution in [1.82, 2.24) is 24.2 Å². The van der Waals surface area contributed by atoms with Gasteiger partial charge in [0.25, 0.3) is 0 Å². The van der Waals surface area contributed by atoms with E-state index >= 15 is 0 Å². The Labute approximate surface area is 140 Å². The molecule has 3 aromatic heterocycles. The van der Waals surface area contributed by atoms with Crippen LogP contribution in [0.25, 0.3) is 22.2 Å². The van der Waals surface area contributed by atoms with Crippen LogP contribution in [0.1, 0.15) is 13.8 Å². The van der Waals surface area contributed by atoms with Crippen molar-refractivity contribution in [3.8, 4) is 11.1 Å². The Morgan fingerprint density at radius 1 is 1.29 bits per heavy atom. The number of primary amides is 1. The van der Waals surface area contributed by atoms with Gasteiger partial charge in [0.15, 0.2) is 0 Å². The third-order valence-electron chi connectivity index (χ3n) is 4.19. The number of fused-ring (bicyclic) bond motifs is 1. The molecule has 7 nitrogen and oxygen atoms in total. The molecule has 0 unspecified atom stereocenters. The highest BCUT2D eigenvalue weighted by Crippen LogP contribution is 2.22. The van der Waals surface area contributed by atoms with Gasteiger partial charge in [-0.25, -0.2) is 9.78 Å². The number of aromatic nitrogens is 4. The van der Waals surface area contributed by atoms with E-state index < -0.39 is 6.03 Å². The normalized spacial score (nSPS) is 11.5. The molecule has 0 saturated carbocycles. The molecule has 125 valence electrons. The highest BCUT2D eigenvalue weighted by molar-refractivity contribution is 5.90. The molecule has 0 spiro atoms. The Balaban J connectivity index is 1.80. The highest BCUT2D eigenvalue weighted by atomic mass is 16.2. The molecule has 0 bridgehead atoms. The number of hydrogen-bond donors (Lipinski definition) is 1. The van der Waals surface area contributed by atoms with E-state index in [2.05, 4.69) is 34.9 Å². The monoisotopic (exact) mass is 325 g/mol. The van der Waals surface area contributed by atoms with Gasteiger partial charge in [0.2, 0.25) is 0 Å². The van der Waals surface area contributed by atoms with Gasteiger partial charge in [-0.2, -0.15) is 5.10 Å². The Morgan fingerprint density at radius 2 is 2.08 bits per heavy atom. The van der Waals surface area contributed by atoms with Crippen LogP contribution >= 0.6 is 0 Å². The lowest BCUT2D eigenvalue weighted by molar-refractivity contribution is 0.251. The van der Waals surface area contributed by atoms with Crippen molar-refractivity contribution in [2.45, 2.75) is 20.4 Å². The molecule has 1 amide bonds.